The Morgan fingerprint density at radius 2 is 1.21 bits per heavy atom. The molecule has 1 aliphatic carbocycles. The number of hydrogen-bond acceptors (Lipinski definition) is 3. The monoisotopic (exact) mass is 526 g/mol. The largest absolute Gasteiger partial charge is 0.497 e. The topological polar surface area (TPSA) is 35.5 Å². The molecule has 0 heterocycles. The normalized spacial score (nSPS) is 20.2. The smallest absolute Gasteiger partial charge is 0.166 e. The lowest BCUT2D eigenvalue weighted by atomic mass is 9.74. The van der Waals surface area contributed by atoms with Crippen LogP contribution in [-0.4, -0.2) is 28.1 Å². The second-order valence-electron chi connectivity index (χ2n) is 11.4. The number of benzene rings is 3. The standard InChI is InChI=1S/C34H42O3Si/c1-23(2)38(24(3)4,25(5)6)33-31(27-17-13-10-14-18-27)34(37-8,28-19-21-29(36-7)22-20-28)30(32(33)35)26-15-11-9-12-16-26/h9-25,30H,1-8H3/t30-,34-/m1/s1. The molecule has 1 aliphatic rings. The van der Waals surface area contributed by atoms with Gasteiger partial charge in [0.25, 0.3) is 0 Å². The average molecular weight is 527 g/mol. The van der Waals surface area contributed by atoms with Crippen LogP contribution in [0.25, 0.3) is 5.57 Å². The zero-order chi connectivity index (χ0) is 27.7. The van der Waals surface area contributed by atoms with Crippen LogP contribution in [0.3, 0.4) is 0 Å². The lowest BCUT2D eigenvalue weighted by Gasteiger charge is -2.45. The molecule has 4 heteroatoms. The molecule has 0 saturated carbocycles. The van der Waals surface area contributed by atoms with E-state index in [1.54, 1.807) is 14.2 Å². The minimum absolute atomic E-state index is 0.218. The van der Waals surface area contributed by atoms with Gasteiger partial charge in [0.05, 0.1) is 21.1 Å². The molecular formula is C34H42O3Si. The summed E-state index contributed by atoms with van der Waals surface area (Å²) in [6.07, 6.45) is 0. The molecule has 3 nitrogen and oxygen atoms in total. The lowest BCUT2D eigenvalue weighted by molar-refractivity contribution is -0.120. The molecule has 200 valence electrons. The number of ether oxygens (including phenoxy) is 2. The fourth-order valence-electron chi connectivity index (χ4n) is 7.56. The number of Topliss-reactive ketones (excluding diaryl/α,β-unsaturated/α-hetero) is 1. The Labute approximate surface area is 229 Å². The second kappa shape index (κ2) is 11.0. The molecule has 0 amide bonds. The Balaban J connectivity index is 2.23. The Morgan fingerprint density at radius 1 is 0.711 bits per heavy atom. The van der Waals surface area contributed by atoms with Crippen molar-refractivity contribution >= 4 is 19.4 Å². The molecule has 0 aromatic heterocycles. The van der Waals surface area contributed by atoms with Gasteiger partial charge >= 0.3 is 0 Å². The highest BCUT2D eigenvalue weighted by Gasteiger charge is 2.62. The first kappa shape index (κ1) is 28.1. The molecule has 0 unspecified atom stereocenters. The lowest BCUT2D eigenvalue weighted by Crippen LogP contribution is -2.49. The number of hydrogen-bond donors (Lipinski definition) is 0. The van der Waals surface area contributed by atoms with Crippen molar-refractivity contribution in [2.75, 3.05) is 14.2 Å². The third kappa shape index (κ3) is 4.19. The summed E-state index contributed by atoms with van der Waals surface area (Å²) in [5, 5.41) is 1.05. The van der Waals surface area contributed by atoms with Crippen LogP contribution in [0.15, 0.2) is 90.1 Å². The van der Waals surface area contributed by atoms with Crippen LogP contribution in [-0.2, 0) is 15.1 Å². The maximum atomic E-state index is 15.2. The van der Waals surface area contributed by atoms with E-state index >= 15 is 4.79 Å². The maximum absolute atomic E-state index is 15.2. The molecule has 0 saturated heterocycles. The van der Waals surface area contributed by atoms with Gasteiger partial charge in [0.2, 0.25) is 0 Å². The predicted molar refractivity (Wildman–Crippen MR) is 160 cm³/mol. The van der Waals surface area contributed by atoms with E-state index in [1.165, 1.54) is 0 Å². The van der Waals surface area contributed by atoms with E-state index in [2.05, 4.69) is 90.1 Å². The first-order chi connectivity index (χ1) is 18.2. The van der Waals surface area contributed by atoms with E-state index in [0.717, 1.165) is 33.2 Å². The van der Waals surface area contributed by atoms with Crippen molar-refractivity contribution in [3.8, 4) is 5.75 Å². The van der Waals surface area contributed by atoms with Crippen molar-refractivity contribution in [2.45, 2.75) is 69.7 Å². The van der Waals surface area contributed by atoms with Gasteiger partial charge in [0.15, 0.2) is 5.78 Å². The van der Waals surface area contributed by atoms with Gasteiger partial charge in [-0.05, 0) is 56.2 Å². The Kier molecular flexibility index (Phi) is 8.15. The van der Waals surface area contributed by atoms with E-state index in [-0.39, 0.29) is 5.78 Å². The SMILES string of the molecule is COc1ccc([C@]2(OC)C(c3ccccc3)=C([Si](C(C)C)(C(C)C)C(C)C)C(=O)[C@H]2c2ccccc2)cc1. The number of allylic oxidation sites excluding steroid dienone is 1. The Hall–Kier alpha value is -2.95. The van der Waals surface area contributed by atoms with Crippen molar-refractivity contribution in [3.63, 3.8) is 0 Å². The zero-order valence-corrected chi connectivity index (χ0v) is 25.1. The summed E-state index contributed by atoms with van der Waals surface area (Å²) >= 11 is 0. The van der Waals surface area contributed by atoms with Crippen molar-refractivity contribution in [3.05, 3.63) is 107 Å². The zero-order valence-electron chi connectivity index (χ0n) is 24.1. The molecule has 3 aromatic carbocycles. The second-order valence-corrected chi connectivity index (χ2v) is 17.2. The number of ketones is 1. The van der Waals surface area contributed by atoms with Crippen LogP contribution in [0.4, 0.5) is 0 Å². The van der Waals surface area contributed by atoms with E-state index < -0.39 is 19.6 Å². The first-order valence-electron chi connectivity index (χ1n) is 13.8. The molecule has 0 fully saturated rings. The van der Waals surface area contributed by atoms with Crippen molar-refractivity contribution in [1.29, 1.82) is 0 Å². The summed E-state index contributed by atoms with van der Waals surface area (Å²) in [5.74, 6) is 0.507. The molecule has 0 N–H and O–H groups in total. The first-order valence-corrected chi connectivity index (χ1v) is 16.0. The molecule has 38 heavy (non-hydrogen) atoms. The maximum Gasteiger partial charge on any atom is 0.166 e. The molecule has 0 spiro atoms. The van der Waals surface area contributed by atoms with Crippen molar-refractivity contribution in [2.24, 2.45) is 0 Å². The van der Waals surface area contributed by atoms with Gasteiger partial charge < -0.3 is 9.47 Å². The number of carbonyl (C=O) groups excluding carboxylic acids is 1. The van der Waals surface area contributed by atoms with Crippen LogP contribution in [0, 0.1) is 0 Å². The fourth-order valence-corrected chi connectivity index (χ4v) is 14.6. The highest BCUT2D eigenvalue weighted by Crippen LogP contribution is 2.62. The molecule has 2 atom stereocenters. The molecule has 0 aliphatic heterocycles. The van der Waals surface area contributed by atoms with Crippen LogP contribution in [0.5, 0.6) is 5.75 Å². The number of rotatable bonds is 9. The van der Waals surface area contributed by atoms with Crippen LogP contribution < -0.4 is 4.74 Å². The van der Waals surface area contributed by atoms with Crippen LogP contribution in [0.1, 0.15) is 64.2 Å². The van der Waals surface area contributed by atoms with Gasteiger partial charge in [-0.3, -0.25) is 4.79 Å². The van der Waals surface area contributed by atoms with Crippen molar-refractivity contribution in [1.82, 2.24) is 0 Å². The summed E-state index contributed by atoms with van der Waals surface area (Å²) in [6.45, 7) is 14.0. The minimum Gasteiger partial charge on any atom is -0.497 e. The van der Waals surface area contributed by atoms with Gasteiger partial charge in [-0.1, -0.05) is 114 Å². The van der Waals surface area contributed by atoms with E-state index in [0.29, 0.717) is 16.6 Å². The highest BCUT2D eigenvalue weighted by molar-refractivity contribution is 6.94. The molecule has 0 bridgehead atoms. The fraction of sp³-hybridized carbons (Fsp3) is 0.382. The number of carbonyl (C=O) groups is 1. The number of methoxy groups -OCH3 is 2. The quantitative estimate of drug-likeness (QED) is 0.262. The summed E-state index contributed by atoms with van der Waals surface area (Å²) in [7, 11) is 1.03. The van der Waals surface area contributed by atoms with Crippen LogP contribution in [0.2, 0.25) is 16.6 Å². The van der Waals surface area contributed by atoms with Gasteiger partial charge in [-0.15, -0.1) is 0 Å². The predicted octanol–water partition coefficient (Wildman–Crippen LogP) is 8.58. The molecule has 0 radical (unpaired) electrons. The Morgan fingerprint density at radius 3 is 1.66 bits per heavy atom. The summed E-state index contributed by atoms with van der Waals surface area (Å²) in [4.78, 5) is 15.2. The van der Waals surface area contributed by atoms with E-state index in [1.807, 2.05) is 36.4 Å². The molecule has 4 rings (SSSR count). The van der Waals surface area contributed by atoms with Gasteiger partial charge in [-0.25, -0.2) is 0 Å². The van der Waals surface area contributed by atoms with Gasteiger partial charge in [-0.2, -0.15) is 0 Å². The third-order valence-corrected chi connectivity index (χ3v) is 16.0. The van der Waals surface area contributed by atoms with Gasteiger partial charge in [0.1, 0.15) is 11.4 Å². The summed E-state index contributed by atoms with van der Waals surface area (Å²) in [6, 6.07) is 28.8. The molecular weight excluding hydrogens is 484 g/mol. The van der Waals surface area contributed by atoms with E-state index in [4.69, 9.17) is 9.47 Å². The summed E-state index contributed by atoms with van der Waals surface area (Å²) in [5.41, 5.74) is 4.21. The Bertz CT molecular complexity index is 1250. The highest BCUT2D eigenvalue weighted by atomic mass is 28.3. The van der Waals surface area contributed by atoms with Crippen LogP contribution >= 0.6 is 0 Å². The average Bonchev–Trinajstić information content (AvgIpc) is 3.18. The molecule has 3 aromatic rings. The minimum atomic E-state index is -2.41. The van der Waals surface area contributed by atoms with Crippen molar-refractivity contribution < 1.29 is 14.3 Å². The van der Waals surface area contributed by atoms with E-state index in [9.17, 15) is 0 Å². The third-order valence-electron chi connectivity index (χ3n) is 8.87. The summed E-state index contributed by atoms with van der Waals surface area (Å²) < 4.78 is 12.2. The van der Waals surface area contributed by atoms with Gasteiger partial charge in [0, 0.05) is 7.11 Å².